The first kappa shape index (κ1) is 17.4. The molecule has 1 saturated heterocycles. The van der Waals surface area contributed by atoms with Gasteiger partial charge in [0, 0.05) is 24.7 Å². The molecule has 4 rings (SSSR count). The first-order valence-corrected chi connectivity index (χ1v) is 8.85. The first-order valence-electron chi connectivity index (χ1n) is 8.85. The molecule has 1 amide bonds. The van der Waals surface area contributed by atoms with Crippen molar-refractivity contribution < 1.29 is 13.9 Å². The number of nitrogens with zero attached hydrogens (tertiary/aromatic N) is 3. The van der Waals surface area contributed by atoms with E-state index in [-0.39, 0.29) is 12.0 Å². The van der Waals surface area contributed by atoms with E-state index < -0.39 is 5.82 Å². The third kappa shape index (κ3) is 4.06. The molecular formula is C19H20FN5O2. The van der Waals surface area contributed by atoms with Crippen LogP contribution in [0.3, 0.4) is 0 Å². The lowest BCUT2D eigenvalue weighted by Crippen LogP contribution is -2.35. The largest absolute Gasteiger partial charge is 0.474 e. The summed E-state index contributed by atoms with van der Waals surface area (Å²) in [6.45, 7) is 2.02. The van der Waals surface area contributed by atoms with Crippen molar-refractivity contribution in [2.24, 2.45) is 0 Å². The van der Waals surface area contributed by atoms with Crippen LogP contribution in [-0.4, -0.2) is 52.0 Å². The number of carbonyl (C=O) groups excluding carboxylic acids is 1. The summed E-state index contributed by atoms with van der Waals surface area (Å²) in [5, 5.41) is 2.67. The molecule has 0 unspecified atom stereocenters. The molecule has 0 spiro atoms. The van der Waals surface area contributed by atoms with Gasteiger partial charge in [-0.25, -0.2) is 14.4 Å². The maximum Gasteiger partial charge on any atom is 0.257 e. The number of pyridine rings is 1. The number of ether oxygens (including phenoxy) is 1. The molecule has 2 aromatic heterocycles. The van der Waals surface area contributed by atoms with Gasteiger partial charge in [0.05, 0.1) is 17.2 Å². The van der Waals surface area contributed by atoms with Gasteiger partial charge in [0.1, 0.15) is 11.9 Å². The molecule has 140 valence electrons. The number of hydrogen-bond acceptors (Lipinski definition) is 5. The maximum absolute atomic E-state index is 13.0. The molecule has 27 heavy (non-hydrogen) atoms. The van der Waals surface area contributed by atoms with E-state index in [9.17, 15) is 9.18 Å². The number of anilines is 1. The first-order chi connectivity index (χ1) is 13.1. The minimum atomic E-state index is -0.390. The van der Waals surface area contributed by atoms with Crippen LogP contribution in [0.2, 0.25) is 0 Å². The Labute approximate surface area is 155 Å². The summed E-state index contributed by atoms with van der Waals surface area (Å²) in [5.74, 6) is 0.0702. The van der Waals surface area contributed by atoms with Gasteiger partial charge < -0.3 is 14.6 Å². The van der Waals surface area contributed by atoms with Crippen molar-refractivity contribution in [1.29, 1.82) is 0 Å². The number of aromatic nitrogens is 3. The second kappa shape index (κ2) is 7.32. The zero-order valence-corrected chi connectivity index (χ0v) is 14.9. The Bertz CT molecular complexity index is 948. The van der Waals surface area contributed by atoms with Gasteiger partial charge in [-0.2, -0.15) is 0 Å². The Hall–Kier alpha value is -3.00. The van der Waals surface area contributed by atoms with E-state index in [4.69, 9.17) is 4.74 Å². The van der Waals surface area contributed by atoms with Gasteiger partial charge in [-0.1, -0.05) is 0 Å². The highest BCUT2D eigenvalue weighted by atomic mass is 19.1. The molecule has 1 aliphatic heterocycles. The number of piperidine rings is 1. The Balaban J connectivity index is 1.45. The number of halogens is 1. The fraction of sp³-hybridized carbons (Fsp3) is 0.316. The van der Waals surface area contributed by atoms with Gasteiger partial charge in [-0.05, 0) is 44.2 Å². The average Bonchev–Trinajstić information content (AvgIpc) is 3.05. The Morgan fingerprint density at radius 1 is 1.30 bits per heavy atom. The number of hydrogen-bond donors (Lipinski definition) is 2. The zero-order chi connectivity index (χ0) is 18.8. The molecule has 0 radical (unpaired) electrons. The van der Waals surface area contributed by atoms with E-state index >= 15 is 0 Å². The van der Waals surface area contributed by atoms with Crippen molar-refractivity contribution in [3.05, 3.63) is 47.9 Å². The monoisotopic (exact) mass is 369 g/mol. The van der Waals surface area contributed by atoms with Crippen LogP contribution in [0, 0.1) is 5.82 Å². The smallest absolute Gasteiger partial charge is 0.257 e. The third-order valence-electron chi connectivity index (χ3n) is 4.63. The topological polar surface area (TPSA) is 83.1 Å². The molecular weight excluding hydrogens is 349 g/mol. The van der Waals surface area contributed by atoms with E-state index in [1.54, 1.807) is 12.3 Å². The van der Waals surface area contributed by atoms with E-state index in [0.29, 0.717) is 28.4 Å². The van der Waals surface area contributed by atoms with E-state index in [0.717, 1.165) is 25.9 Å². The van der Waals surface area contributed by atoms with Crippen LogP contribution in [0.1, 0.15) is 23.2 Å². The molecule has 1 fully saturated rings. The standard InChI is InChI=1S/C19H20FN5O2/c1-25-8-6-14(7-9-25)27-17-10-15-16(11-21-17)23-19(22-15)24-18(26)12-2-4-13(20)5-3-12/h2-5,10-11,14H,6-9H2,1H3,(H2,22,23,24,26). The van der Waals surface area contributed by atoms with E-state index in [2.05, 4.69) is 32.2 Å². The van der Waals surface area contributed by atoms with Gasteiger partial charge in [-0.3, -0.25) is 10.1 Å². The number of H-pyrrole nitrogens is 1. The highest BCUT2D eigenvalue weighted by Crippen LogP contribution is 2.21. The lowest BCUT2D eigenvalue weighted by Gasteiger charge is -2.28. The molecule has 0 aliphatic carbocycles. The second-order valence-electron chi connectivity index (χ2n) is 6.71. The number of fused-ring (bicyclic) bond motifs is 1. The van der Waals surface area contributed by atoms with Crippen LogP contribution >= 0.6 is 0 Å². The van der Waals surface area contributed by atoms with Crippen molar-refractivity contribution >= 4 is 22.9 Å². The number of carbonyl (C=O) groups is 1. The number of likely N-dealkylation sites (tertiary alicyclic amines) is 1. The number of rotatable bonds is 4. The quantitative estimate of drug-likeness (QED) is 0.739. The van der Waals surface area contributed by atoms with Crippen molar-refractivity contribution in [3.8, 4) is 5.88 Å². The van der Waals surface area contributed by atoms with Crippen LogP contribution in [0.25, 0.3) is 11.0 Å². The lowest BCUT2D eigenvalue weighted by atomic mass is 10.1. The number of benzene rings is 1. The highest BCUT2D eigenvalue weighted by molar-refractivity contribution is 6.03. The average molecular weight is 369 g/mol. The van der Waals surface area contributed by atoms with Crippen molar-refractivity contribution in [2.75, 3.05) is 25.5 Å². The molecule has 0 atom stereocenters. The maximum atomic E-state index is 13.0. The molecule has 1 aromatic carbocycles. The summed E-state index contributed by atoms with van der Waals surface area (Å²) in [4.78, 5) is 26.2. The molecule has 1 aliphatic rings. The van der Waals surface area contributed by atoms with E-state index in [1.165, 1.54) is 24.3 Å². The fourth-order valence-corrected chi connectivity index (χ4v) is 3.07. The summed E-state index contributed by atoms with van der Waals surface area (Å²) in [6, 6.07) is 7.08. The molecule has 0 saturated carbocycles. The van der Waals surface area contributed by atoms with Crippen molar-refractivity contribution in [1.82, 2.24) is 19.9 Å². The van der Waals surface area contributed by atoms with E-state index in [1.807, 2.05) is 0 Å². The van der Waals surface area contributed by atoms with Gasteiger partial charge >= 0.3 is 0 Å². The summed E-state index contributed by atoms with van der Waals surface area (Å²) in [6.07, 6.45) is 3.73. The van der Waals surface area contributed by atoms with Gasteiger partial charge in [-0.15, -0.1) is 0 Å². The van der Waals surface area contributed by atoms with Crippen LogP contribution < -0.4 is 10.1 Å². The highest BCUT2D eigenvalue weighted by Gasteiger charge is 2.19. The zero-order valence-electron chi connectivity index (χ0n) is 14.9. The molecule has 7 nitrogen and oxygen atoms in total. The molecule has 8 heteroatoms. The molecule has 3 heterocycles. The minimum absolute atomic E-state index is 0.155. The Kier molecular flexibility index (Phi) is 4.72. The van der Waals surface area contributed by atoms with Gasteiger partial charge in [0.15, 0.2) is 0 Å². The number of imidazole rings is 1. The van der Waals surface area contributed by atoms with Crippen molar-refractivity contribution in [3.63, 3.8) is 0 Å². The second-order valence-corrected chi connectivity index (χ2v) is 6.71. The summed E-state index contributed by atoms with van der Waals surface area (Å²) < 4.78 is 18.9. The normalized spacial score (nSPS) is 15.8. The Morgan fingerprint density at radius 2 is 2.04 bits per heavy atom. The van der Waals surface area contributed by atoms with Crippen molar-refractivity contribution in [2.45, 2.75) is 18.9 Å². The van der Waals surface area contributed by atoms with Crippen LogP contribution in [0.4, 0.5) is 10.3 Å². The predicted octanol–water partition coefficient (Wildman–Crippen LogP) is 2.82. The fourth-order valence-electron chi connectivity index (χ4n) is 3.07. The third-order valence-corrected chi connectivity index (χ3v) is 4.63. The minimum Gasteiger partial charge on any atom is -0.474 e. The number of amides is 1. The van der Waals surface area contributed by atoms with Gasteiger partial charge in [0.2, 0.25) is 11.8 Å². The molecule has 3 aromatic rings. The van der Waals surface area contributed by atoms with Crippen LogP contribution in [-0.2, 0) is 0 Å². The van der Waals surface area contributed by atoms with Crippen LogP contribution in [0.15, 0.2) is 36.5 Å². The van der Waals surface area contributed by atoms with Crippen LogP contribution in [0.5, 0.6) is 5.88 Å². The molecule has 2 N–H and O–H groups in total. The van der Waals surface area contributed by atoms with Gasteiger partial charge in [0.25, 0.3) is 5.91 Å². The predicted molar refractivity (Wildman–Crippen MR) is 99.4 cm³/mol. The number of nitrogens with one attached hydrogen (secondary N) is 2. The number of aromatic amines is 1. The molecule has 0 bridgehead atoms. The summed E-state index contributed by atoms with van der Waals surface area (Å²) >= 11 is 0. The summed E-state index contributed by atoms with van der Waals surface area (Å²) in [5.41, 5.74) is 1.70. The Morgan fingerprint density at radius 3 is 2.78 bits per heavy atom. The summed E-state index contributed by atoms with van der Waals surface area (Å²) in [7, 11) is 2.10. The lowest BCUT2D eigenvalue weighted by molar-refractivity contribution is 0.102. The SMILES string of the molecule is CN1CCC(Oc2cc3nc(NC(=O)c4ccc(F)cc4)[nH]c3cn2)CC1.